The van der Waals surface area contributed by atoms with Crippen LogP contribution in [-0.4, -0.2) is 67.7 Å². The van der Waals surface area contributed by atoms with Gasteiger partial charge in [0, 0.05) is 33.1 Å². The van der Waals surface area contributed by atoms with Crippen LogP contribution in [0.5, 0.6) is 0 Å². The smallest absolute Gasteiger partial charge is 0.345 e. The van der Waals surface area contributed by atoms with Crippen molar-refractivity contribution in [2.45, 2.75) is 44.6 Å². The zero-order chi connectivity index (χ0) is 29.7. The highest BCUT2D eigenvalue weighted by atomic mass is 19.4. The number of carbonyl (C=O) groups is 2. The molecule has 2 amide bonds. The summed E-state index contributed by atoms with van der Waals surface area (Å²) in [6.45, 7) is -0.245. The van der Waals surface area contributed by atoms with Gasteiger partial charge in [0.2, 0.25) is 11.8 Å². The van der Waals surface area contributed by atoms with Crippen LogP contribution in [0.3, 0.4) is 0 Å². The number of anilines is 1. The summed E-state index contributed by atoms with van der Waals surface area (Å²) >= 11 is 0. The van der Waals surface area contributed by atoms with Gasteiger partial charge < -0.3 is 19.8 Å². The first-order chi connectivity index (χ1) is 18.7. The number of alkyl halides is 6. The van der Waals surface area contributed by atoms with Crippen LogP contribution in [0.15, 0.2) is 41.6 Å². The second kappa shape index (κ2) is 12.3. The fourth-order valence-electron chi connectivity index (χ4n) is 3.60. The quantitative estimate of drug-likeness (QED) is 0.217. The molecular formula is C24H25F6N7O3. The number of aromatic amines is 1. The van der Waals surface area contributed by atoms with Crippen molar-refractivity contribution in [3.8, 4) is 0 Å². The molecule has 40 heavy (non-hydrogen) atoms. The molecule has 0 aliphatic rings. The number of aromatic nitrogens is 5. The van der Waals surface area contributed by atoms with Gasteiger partial charge in [-0.3, -0.25) is 14.4 Å². The number of halogens is 6. The number of carbonyl (C=O) groups excluding carboxylic acids is 2. The minimum Gasteiger partial charge on any atom is -0.345 e. The van der Waals surface area contributed by atoms with Gasteiger partial charge in [0.15, 0.2) is 11.6 Å². The summed E-state index contributed by atoms with van der Waals surface area (Å²) in [5, 5.41) is 2.50. The summed E-state index contributed by atoms with van der Waals surface area (Å²) in [4.78, 5) is 52.1. The van der Waals surface area contributed by atoms with Crippen molar-refractivity contribution in [3.05, 3.63) is 58.7 Å². The molecule has 3 aromatic rings. The minimum absolute atomic E-state index is 0.0250. The molecule has 0 aliphatic carbocycles. The van der Waals surface area contributed by atoms with Crippen molar-refractivity contribution >= 4 is 28.7 Å². The SMILES string of the molecule is CN(C)C(=O)/C=C/CCCC(=O)Nc1cccn(Cc2nc3c(CC(C(F)(F)F)C(F)(F)F)ncnc3[nH]2)c1=O. The number of H-pyrrole nitrogens is 1. The van der Waals surface area contributed by atoms with Crippen molar-refractivity contribution in [3.63, 3.8) is 0 Å². The summed E-state index contributed by atoms with van der Waals surface area (Å²) < 4.78 is 79.4. The van der Waals surface area contributed by atoms with E-state index in [0.717, 1.165) is 10.9 Å². The van der Waals surface area contributed by atoms with Gasteiger partial charge >= 0.3 is 12.4 Å². The van der Waals surface area contributed by atoms with Crippen molar-refractivity contribution in [1.29, 1.82) is 0 Å². The molecule has 3 rings (SSSR count). The van der Waals surface area contributed by atoms with Gasteiger partial charge in [0.1, 0.15) is 23.4 Å². The molecule has 0 atom stereocenters. The third-order valence-corrected chi connectivity index (χ3v) is 5.69. The van der Waals surface area contributed by atoms with Crippen LogP contribution in [0.1, 0.15) is 30.8 Å². The van der Waals surface area contributed by atoms with Crippen molar-refractivity contribution in [1.82, 2.24) is 29.4 Å². The maximum absolute atomic E-state index is 13.0. The van der Waals surface area contributed by atoms with Gasteiger partial charge in [-0.05, 0) is 31.1 Å². The van der Waals surface area contributed by atoms with Crippen LogP contribution in [0.25, 0.3) is 11.2 Å². The molecule has 3 heterocycles. The molecule has 0 radical (unpaired) electrons. The van der Waals surface area contributed by atoms with Gasteiger partial charge in [-0.15, -0.1) is 0 Å². The standard InChI is InChI=1S/C24H25F6N7O3/c1-36(2)19(39)9-5-3-4-8-18(38)33-14-7-6-10-37(22(14)40)12-17-34-20-15(31-13-32-21(20)35-17)11-16(23(25,26)27)24(28,29)30/h5-7,9-10,13,16H,3-4,8,11-12H2,1-2H3,(H,33,38)(H,31,32,34,35)/b9-5+. The fourth-order valence-corrected chi connectivity index (χ4v) is 3.60. The largest absolute Gasteiger partial charge is 0.400 e. The third-order valence-electron chi connectivity index (χ3n) is 5.69. The Balaban J connectivity index is 1.71. The first-order valence-electron chi connectivity index (χ1n) is 11.9. The van der Waals surface area contributed by atoms with Crippen molar-refractivity contribution in [2.75, 3.05) is 19.4 Å². The second-order valence-corrected chi connectivity index (χ2v) is 8.97. The molecule has 2 N–H and O–H groups in total. The van der Waals surface area contributed by atoms with Crippen LogP contribution >= 0.6 is 0 Å². The molecule has 0 fully saturated rings. The Labute approximate surface area is 223 Å². The Morgan fingerprint density at radius 1 is 1.15 bits per heavy atom. The lowest BCUT2D eigenvalue weighted by atomic mass is 10.0. The topological polar surface area (TPSA) is 126 Å². The number of pyridine rings is 1. The first kappa shape index (κ1) is 30.3. The highest BCUT2D eigenvalue weighted by molar-refractivity contribution is 5.90. The summed E-state index contributed by atoms with van der Waals surface area (Å²) in [5.74, 6) is -4.24. The van der Waals surface area contributed by atoms with E-state index in [1.165, 1.54) is 29.3 Å². The van der Waals surface area contributed by atoms with Gasteiger partial charge in [-0.1, -0.05) is 6.08 Å². The lowest BCUT2D eigenvalue weighted by Crippen LogP contribution is -2.38. The summed E-state index contributed by atoms with van der Waals surface area (Å²) in [5.41, 5.74) is -1.59. The lowest BCUT2D eigenvalue weighted by molar-refractivity contribution is -0.283. The Hall–Kier alpha value is -4.24. The van der Waals surface area contributed by atoms with E-state index in [2.05, 4.69) is 25.3 Å². The van der Waals surface area contributed by atoms with Gasteiger partial charge in [0.05, 0.1) is 12.2 Å². The molecule has 10 nitrogen and oxygen atoms in total. The van der Waals surface area contributed by atoms with Crippen LogP contribution in [0.2, 0.25) is 0 Å². The molecule has 0 unspecified atom stereocenters. The summed E-state index contributed by atoms with van der Waals surface area (Å²) in [6, 6.07) is 2.85. The minimum atomic E-state index is -5.55. The molecule has 0 saturated carbocycles. The molecule has 216 valence electrons. The predicted molar refractivity (Wildman–Crippen MR) is 131 cm³/mol. The van der Waals surface area contributed by atoms with E-state index in [1.54, 1.807) is 20.2 Å². The number of amides is 2. The molecular weight excluding hydrogens is 548 g/mol. The Morgan fingerprint density at radius 3 is 2.50 bits per heavy atom. The van der Waals surface area contributed by atoms with E-state index in [-0.39, 0.29) is 41.5 Å². The number of allylic oxidation sites excluding steroid dienone is 1. The van der Waals surface area contributed by atoms with E-state index in [4.69, 9.17) is 0 Å². The average Bonchev–Trinajstić information content (AvgIpc) is 3.26. The predicted octanol–water partition coefficient (Wildman–Crippen LogP) is 3.60. The van der Waals surface area contributed by atoms with E-state index in [9.17, 15) is 40.7 Å². The highest BCUT2D eigenvalue weighted by Gasteiger charge is 2.56. The number of nitrogens with one attached hydrogen (secondary N) is 2. The van der Waals surface area contributed by atoms with Crippen LogP contribution < -0.4 is 10.9 Å². The number of unbranched alkanes of at least 4 members (excludes halogenated alkanes) is 1. The maximum Gasteiger partial charge on any atom is 0.400 e. The maximum atomic E-state index is 13.0. The number of hydrogen-bond acceptors (Lipinski definition) is 6. The second-order valence-electron chi connectivity index (χ2n) is 8.97. The van der Waals surface area contributed by atoms with Gasteiger partial charge in [0.25, 0.3) is 5.56 Å². The summed E-state index contributed by atoms with van der Waals surface area (Å²) in [6.07, 6.45) is -6.38. The zero-order valence-corrected chi connectivity index (χ0v) is 21.3. The fraction of sp³-hybridized carbons (Fsp3) is 0.417. The Morgan fingerprint density at radius 2 is 1.85 bits per heavy atom. The number of nitrogens with zero attached hydrogens (tertiary/aromatic N) is 5. The molecule has 0 aliphatic heterocycles. The molecule has 0 spiro atoms. The van der Waals surface area contributed by atoms with Crippen molar-refractivity contribution in [2.24, 2.45) is 5.92 Å². The number of imidazole rings is 1. The number of fused-ring (bicyclic) bond motifs is 1. The zero-order valence-electron chi connectivity index (χ0n) is 21.3. The Bertz CT molecular complexity index is 1430. The van der Waals surface area contributed by atoms with Crippen LogP contribution in [-0.2, 0) is 22.6 Å². The molecule has 0 aromatic carbocycles. The lowest BCUT2D eigenvalue weighted by Gasteiger charge is -2.22. The molecule has 16 heteroatoms. The third kappa shape index (κ3) is 7.89. The van der Waals surface area contributed by atoms with E-state index in [0.29, 0.717) is 12.8 Å². The normalized spacial score (nSPS) is 12.4. The van der Waals surface area contributed by atoms with Gasteiger partial charge in [-0.25, -0.2) is 15.0 Å². The number of likely N-dealkylation sites (N-methyl/N-ethyl adjacent to an activating group) is 1. The van der Waals surface area contributed by atoms with Crippen LogP contribution in [0, 0.1) is 5.92 Å². The molecule has 0 bridgehead atoms. The highest BCUT2D eigenvalue weighted by Crippen LogP contribution is 2.41. The average molecular weight is 573 g/mol. The monoisotopic (exact) mass is 573 g/mol. The number of rotatable bonds is 10. The number of hydrogen-bond donors (Lipinski definition) is 2. The van der Waals surface area contributed by atoms with Crippen LogP contribution in [0.4, 0.5) is 32.0 Å². The Kier molecular flexibility index (Phi) is 9.32. The van der Waals surface area contributed by atoms with Gasteiger partial charge in [-0.2, -0.15) is 26.3 Å². The molecule has 0 saturated heterocycles. The van der Waals surface area contributed by atoms with E-state index in [1.807, 2.05) is 0 Å². The first-order valence-corrected chi connectivity index (χ1v) is 11.9. The van der Waals surface area contributed by atoms with E-state index < -0.39 is 41.9 Å². The van der Waals surface area contributed by atoms with E-state index >= 15 is 0 Å². The summed E-state index contributed by atoms with van der Waals surface area (Å²) in [7, 11) is 3.22. The van der Waals surface area contributed by atoms with Crippen molar-refractivity contribution < 1.29 is 35.9 Å². The molecule has 3 aromatic heterocycles.